The molecule has 0 heterocycles. The number of amides is 2. The van der Waals surface area contributed by atoms with Gasteiger partial charge in [-0.3, -0.25) is 0 Å². The van der Waals surface area contributed by atoms with Crippen LogP contribution >= 0.6 is 0 Å². The number of nitrogens with zero attached hydrogens (tertiary/aromatic N) is 1. The minimum absolute atomic E-state index is 0.0408. The lowest BCUT2D eigenvalue weighted by atomic mass is 9.86. The van der Waals surface area contributed by atoms with E-state index in [1.54, 1.807) is 7.05 Å². The monoisotopic (exact) mass is 184 g/mol. The topological polar surface area (TPSA) is 32.3 Å². The molecule has 2 atom stereocenters. The molecule has 0 aliphatic heterocycles. The highest BCUT2D eigenvalue weighted by atomic mass is 16.2. The predicted octanol–water partition coefficient (Wildman–Crippen LogP) is 1.84. The van der Waals surface area contributed by atoms with Gasteiger partial charge in [0.1, 0.15) is 0 Å². The van der Waals surface area contributed by atoms with Gasteiger partial charge in [0, 0.05) is 20.1 Å². The summed E-state index contributed by atoms with van der Waals surface area (Å²) >= 11 is 0. The van der Waals surface area contributed by atoms with Crippen molar-refractivity contribution in [2.75, 3.05) is 14.1 Å². The van der Waals surface area contributed by atoms with Crippen LogP contribution in [0.5, 0.6) is 0 Å². The molecule has 1 aliphatic carbocycles. The molecule has 1 saturated carbocycles. The Hall–Kier alpha value is -0.730. The van der Waals surface area contributed by atoms with Crippen molar-refractivity contribution in [2.24, 2.45) is 5.92 Å². The van der Waals surface area contributed by atoms with Crippen molar-refractivity contribution >= 4 is 6.03 Å². The van der Waals surface area contributed by atoms with Gasteiger partial charge in [0.2, 0.25) is 0 Å². The average molecular weight is 184 g/mol. The van der Waals surface area contributed by atoms with Crippen LogP contribution in [0.15, 0.2) is 0 Å². The van der Waals surface area contributed by atoms with Crippen molar-refractivity contribution in [1.82, 2.24) is 10.2 Å². The zero-order chi connectivity index (χ0) is 9.84. The third kappa shape index (κ3) is 2.61. The summed E-state index contributed by atoms with van der Waals surface area (Å²) < 4.78 is 0. The molecule has 0 aromatic carbocycles. The second-order valence-electron chi connectivity index (χ2n) is 4.09. The standard InChI is InChI=1S/C10H20N2O/c1-8-5-4-6-9(7-8)12(3)10(13)11-2/h8-9H,4-7H2,1-3H3,(H,11,13). The van der Waals surface area contributed by atoms with Crippen molar-refractivity contribution in [1.29, 1.82) is 0 Å². The van der Waals surface area contributed by atoms with E-state index in [2.05, 4.69) is 12.2 Å². The van der Waals surface area contributed by atoms with Crippen molar-refractivity contribution in [2.45, 2.75) is 38.6 Å². The molecule has 2 unspecified atom stereocenters. The second-order valence-corrected chi connectivity index (χ2v) is 4.09. The van der Waals surface area contributed by atoms with E-state index >= 15 is 0 Å². The van der Waals surface area contributed by atoms with E-state index in [0.29, 0.717) is 6.04 Å². The minimum atomic E-state index is 0.0408. The van der Waals surface area contributed by atoms with Gasteiger partial charge in [-0.15, -0.1) is 0 Å². The lowest BCUT2D eigenvalue weighted by molar-refractivity contribution is 0.162. The summed E-state index contributed by atoms with van der Waals surface area (Å²) in [6.45, 7) is 2.27. The number of carbonyl (C=O) groups excluding carboxylic acids is 1. The maximum absolute atomic E-state index is 11.3. The van der Waals surface area contributed by atoms with Crippen LogP contribution in [0.3, 0.4) is 0 Å². The lowest BCUT2D eigenvalue weighted by Crippen LogP contribution is -2.44. The van der Waals surface area contributed by atoms with Crippen LogP contribution in [0.4, 0.5) is 4.79 Å². The van der Waals surface area contributed by atoms with Gasteiger partial charge in [-0.1, -0.05) is 19.8 Å². The molecule has 0 radical (unpaired) electrons. The van der Waals surface area contributed by atoms with Crippen LogP contribution in [-0.4, -0.2) is 31.1 Å². The van der Waals surface area contributed by atoms with Gasteiger partial charge in [0.15, 0.2) is 0 Å². The van der Waals surface area contributed by atoms with Gasteiger partial charge in [0.05, 0.1) is 0 Å². The average Bonchev–Trinajstić information content (AvgIpc) is 2.15. The fourth-order valence-electron chi connectivity index (χ4n) is 2.10. The van der Waals surface area contributed by atoms with Gasteiger partial charge >= 0.3 is 6.03 Å². The highest BCUT2D eigenvalue weighted by Crippen LogP contribution is 2.26. The summed E-state index contributed by atoms with van der Waals surface area (Å²) in [5, 5.41) is 2.66. The van der Waals surface area contributed by atoms with Crippen LogP contribution in [0, 0.1) is 5.92 Å². The number of nitrogens with one attached hydrogen (secondary N) is 1. The molecule has 1 N–H and O–H groups in total. The molecular weight excluding hydrogens is 164 g/mol. The number of urea groups is 1. The molecule has 3 heteroatoms. The third-order valence-electron chi connectivity index (χ3n) is 2.99. The molecule has 1 aliphatic rings. The summed E-state index contributed by atoms with van der Waals surface area (Å²) in [7, 11) is 3.58. The highest BCUT2D eigenvalue weighted by molar-refractivity contribution is 5.73. The Morgan fingerprint density at radius 3 is 2.69 bits per heavy atom. The first-order valence-electron chi connectivity index (χ1n) is 5.09. The van der Waals surface area contributed by atoms with Gasteiger partial charge in [0.25, 0.3) is 0 Å². The Morgan fingerprint density at radius 1 is 1.46 bits per heavy atom. The van der Waals surface area contributed by atoms with E-state index < -0.39 is 0 Å². The molecule has 0 spiro atoms. The van der Waals surface area contributed by atoms with Gasteiger partial charge < -0.3 is 10.2 Å². The summed E-state index contributed by atoms with van der Waals surface area (Å²) in [4.78, 5) is 13.2. The molecule has 0 bridgehead atoms. The number of rotatable bonds is 1. The normalized spacial score (nSPS) is 28.2. The Bertz CT molecular complexity index is 182. The lowest BCUT2D eigenvalue weighted by Gasteiger charge is -2.33. The van der Waals surface area contributed by atoms with Crippen molar-refractivity contribution in [3.05, 3.63) is 0 Å². The fraction of sp³-hybridized carbons (Fsp3) is 0.900. The SMILES string of the molecule is CNC(=O)N(C)C1CCCC(C)C1. The summed E-state index contributed by atoms with van der Waals surface area (Å²) in [5.41, 5.74) is 0. The molecule has 0 aromatic heterocycles. The van der Waals surface area contributed by atoms with E-state index in [9.17, 15) is 4.79 Å². The van der Waals surface area contributed by atoms with E-state index in [1.165, 1.54) is 12.8 Å². The van der Waals surface area contributed by atoms with Crippen molar-refractivity contribution < 1.29 is 4.79 Å². The molecule has 1 rings (SSSR count). The highest BCUT2D eigenvalue weighted by Gasteiger charge is 2.24. The van der Waals surface area contributed by atoms with Gasteiger partial charge in [-0.05, 0) is 18.8 Å². The smallest absolute Gasteiger partial charge is 0.317 e. The first-order valence-corrected chi connectivity index (χ1v) is 5.09. The quantitative estimate of drug-likeness (QED) is 0.662. The largest absolute Gasteiger partial charge is 0.341 e. The van der Waals surface area contributed by atoms with Crippen LogP contribution in [0.1, 0.15) is 32.6 Å². The first-order chi connectivity index (χ1) is 6.15. The Balaban J connectivity index is 2.45. The van der Waals surface area contributed by atoms with Crippen molar-refractivity contribution in [3.63, 3.8) is 0 Å². The molecule has 76 valence electrons. The zero-order valence-corrected chi connectivity index (χ0v) is 8.84. The molecule has 3 nitrogen and oxygen atoms in total. The predicted molar refractivity (Wildman–Crippen MR) is 53.6 cm³/mol. The Labute approximate surface area is 80.5 Å². The van der Waals surface area contributed by atoms with Crippen LogP contribution in [0.2, 0.25) is 0 Å². The maximum atomic E-state index is 11.3. The van der Waals surface area contributed by atoms with Crippen LogP contribution < -0.4 is 5.32 Å². The van der Waals surface area contributed by atoms with Crippen molar-refractivity contribution in [3.8, 4) is 0 Å². The molecule has 2 amide bonds. The van der Waals surface area contributed by atoms with Crippen LogP contribution in [0.25, 0.3) is 0 Å². The molecular formula is C10H20N2O. The summed E-state index contributed by atoms with van der Waals surface area (Å²) in [6.07, 6.45) is 4.89. The third-order valence-corrected chi connectivity index (χ3v) is 2.99. The number of hydrogen-bond donors (Lipinski definition) is 1. The van der Waals surface area contributed by atoms with E-state index in [0.717, 1.165) is 18.8 Å². The Kier molecular flexibility index (Phi) is 3.58. The maximum Gasteiger partial charge on any atom is 0.317 e. The van der Waals surface area contributed by atoms with Crippen LogP contribution in [-0.2, 0) is 0 Å². The van der Waals surface area contributed by atoms with E-state index in [4.69, 9.17) is 0 Å². The zero-order valence-electron chi connectivity index (χ0n) is 8.84. The summed E-state index contributed by atoms with van der Waals surface area (Å²) in [5.74, 6) is 0.769. The molecule has 0 saturated heterocycles. The molecule has 13 heavy (non-hydrogen) atoms. The van der Waals surface area contributed by atoms with Gasteiger partial charge in [-0.25, -0.2) is 4.79 Å². The van der Waals surface area contributed by atoms with E-state index in [1.807, 2.05) is 11.9 Å². The van der Waals surface area contributed by atoms with Gasteiger partial charge in [-0.2, -0.15) is 0 Å². The molecule has 0 aromatic rings. The van der Waals surface area contributed by atoms with E-state index in [-0.39, 0.29) is 6.03 Å². The molecule has 1 fully saturated rings. The fourth-order valence-corrected chi connectivity index (χ4v) is 2.10. The summed E-state index contributed by atoms with van der Waals surface area (Å²) in [6, 6.07) is 0.489. The Morgan fingerprint density at radius 2 is 2.15 bits per heavy atom. The number of carbonyl (C=O) groups is 1. The second kappa shape index (κ2) is 4.49. The number of hydrogen-bond acceptors (Lipinski definition) is 1. The minimum Gasteiger partial charge on any atom is -0.341 e. The first kappa shape index (κ1) is 10.4.